The fourth-order valence-electron chi connectivity index (χ4n) is 0.791. The summed E-state index contributed by atoms with van der Waals surface area (Å²) in [6.45, 7) is 5.97. The smallest absolute Gasteiger partial charge is 0.0355 e. The third-order valence-electron chi connectivity index (χ3n) is 1.48. The summed E-state index contributed by atoms with van der Waals surface area (Å²) in [5.41, 5.74) is 6.63. The summed E-state index contributed by atoms with van der Waals surface area (Å²) < 4.78 is 0. The molecule has 0 aliphatic carbocycles. The molecule has 0 unspecified atom stereocenters. The number of rotatable bonds is 4. The first kappa shape index (κ1) is 11.7. The molecule has 0 bridgehead atoms. The van der Waals surface area contributed by atoms with E-state index in [2.05, 4.69) is 19.9 Å². The Labute approximate surface area is 80.3 Å². The van der Waals surface area contributed by atoms with E-state index in [1.807, 2.05) is 12.2 Å². The number of nitrogens with two attached hydrogens (primary N) is 1. The lowest BCUT2D eigenvalue weighted by atomic mass is 10.1. The molecule has 0 fully saturated rings. The standard InChI is InChI=1S/C11H18N2/c1-9(2)5-4-6-11(7-8-12)10(3)13/h4-9,13H,12H2,1-3H3/b5-4-,8-7-,11-6-,13-10?. The summed E-state index contributed by atoms with van der Waals surface area (Å²) in [5, 5.41) is 7.43. The van der Waals surface area contributed by atoms with Crippen LogP contribution in [0, 0.1) is 11.3 Å². The second kappa shape index (κ2) is 6.23. The first-order valence-corrected chi connectivity index (χ1v) is 4.40. The molecule has 0 aliphatic rings. The second-order valence-corrected chi connectivity index (χ2v) is 3.24. The van der Waals surface area contributed by atoms with Crippen molar-refractivity contribution in [1.82, 2.24) is 0 Å². The monoisotopic (exact) mass is 178 g/mol. The molecule has 0 saturated carbocycles. The average molecular weight is 178 g/mol. The van der Waals surface area contributed by atoms with Gasteiger partial charge >= 0.3 is 0 Å². The van der Waals surface area contributed by atoms with Crippen molar-refractivity contribution in [2.24, 2.45) is 11.7 Å². The molecule has 0 amide bonds. The van der Waals surface area contributed by atoms with E-state index in [0.29, 0.717) is 11.6 Å². The summed E-state index contributed by atoms with van der Waals surface area (Å²) >= 11 is 0. The van der Waals surface area contributed by atoms with Crippen LogP contribution >= 0.6 is 0 Å². The fourth-order valence-corrected chi connectivity index (χ4v) is 0.791. The Kier molecular flexibility index (Phi) is 5.60. The van der Waals surface area contributed by atoms with Crippen LogP contribution in [0.1, 0.15) is 20.8 Å². The number of allylic oxidation sites excluding steroid dienone is 5. The van der Waals surface area contributed by atoms with E-state index in [0.717, 1.165) is 5.57 Å². The van der Waals surface area contributed by atoms with Crippen molar-refractivity contribution < 1.29 is 0 Å². The molecule has 0 saturated heterocycles. The topological polar surface area (TPSA) is 49.9 Å². The number of nitrogens with one attached hydrogen (secondary N) is 1. The van der Waals surface area contributed by atoms with Crippen LogP contribution in [0.15, 0.2) is 36.1 Å². The van der Waals surface area contributed by atoms with E-state index >= 15 is 0 Å². The van der Waals surface area contributed by atoms with Crippen LogP contribution in [0.4, 0.5) is 0 Å². The molecule has 0 aromatic carbocycles. The average Bonchev–Trinajstić information content (AvgIpc) is 2.02. The molecule has 0 radical (unpaired) electrons. The normalized spacial score (nSPS) is 13.4. The summed E-state index contributed by atoms with van der Waals surface area (Å²) in [6.07, 6.45) is 9.11. The van der Waals surface area contributed by atoms with E-state index in [1.165, 1.54) is 6.20 Å². The van der Waals surface area contributed by atoms with E-state index in [4.69, 9.17) is 11.1 Å². The van der Waals surface area contributed by atoms with Crippen molar-refractivity contribution in [2.75, 3.05) is 0 Å². The Morgan fingerprint density at radius 2 is 2.00 bits per heavy atom. The predicted molar refractivity (Wildman–Crippen MR) is 58.8 cm³/mol. The van der Waals surface area contributed by atoms with Gasteiger partial charge in [-0.15, -0.1) is 0 Å². The molecule has 0 aliphatic heterocycles. The molecule has 72 valence electrons. The molecule has 2 heteroatoms. The highest BCUT2D eigenvalue weighted by molar-refractivity contribution is 5.98. The van der Waals surface area contributed by atoms with Gasteiger partial charge in [0.2, 0.25) is 0 Å². The molecular formula is C11H18N2. The van der Waals surface area contributed by atoms with Crippen LogP contribution in [0.25, 0.3) is 0 Å². The van der Waals surface area contributed by atoms with Crippen LogP contribution in [-0.4, -0.2) is 5.71 Å². The maximum atomic E-state index is 7.43. The predicted octanol–water partition coefficient (Wildman–Crippen LogP) is 2.64. The highest BCUT2D eigenvalue weighted by atomic mass is 14.5. The molecule has 3 N–H and O–H groups in total. The van der Waals surface area contributed by atoms with Gasteiger partial charge in [-0.2, -0.15) is 0 Å². The second-order valence-electron chi connectivity index (χ2n) is 3.24. The van der Waals surface area contributed by atoms with Gasteiger partial charge in [-0.1, -0.05) is 32.1 Å². The van der Waals surface area contributed by atoms with Gasteiger partial charge in [0.15, 0.2) is 0 Å². The van der Waals surface area contributed by atoms with Gasteiger partial charge in [0.1, 0.15) is 0 Å². The van der Waals surface area contributed by atoms with Crippen molar-refractivity contribution in [2.45, 2.75) is 20.8 Å². The van der Waals surface area contributed by atoms with Crippen molar-refractivity contribution in [3.8, 4) is 0 Å². The lowest BCUT2D eigenvalue weighted by Crippen LogP contribution is -1.92. The van der Waals surface area contributed by atoms with Crippen LogP contribution in [0.2, 0.25) is 0 Å². The van der Waals surface area contributed by atoms with Gasteiger partial charge < -0.3 is 11.1 Å². The summed E-state index contributed by atoms with van der Waals surface area (Å²) in [5.74, 6) is 0.533. The van der Waals surface area contributed by atoms with Gasteiger partial charge in [0.05, 0.1) is 0 Å². The number of hydrogen-bond donors (Lipinski definition) is 2. The molecule has 0 heterocycles. The van der Waals surface area contributed by atoms with Crippen LogP contribution in [-0.2, 0) is 0 Å². The lowest BCUT2D eigenvalue weighted by Gasteiger charge is -1.96. The largest absolute Gasteiger partial charge is 0.405 e. The lowest BCUT2D eigenvalue weighted by molar-refractivity contribution is 0.832. The molecule has 0 atom stereocenters. The van der Waals surface area contributed by atoms with Crippen molar-refractivity contribution >= 4 is 5.71 Å². The van der Waals surface area contributed by atoms with Gasteiger partial charge in [-0.25, -0.2) is 0 Å². The SMILES string of the molecule is CC(=N)C(/C=C\N)=C\C=C/C(C)C. The van der Waals surface area contributed by atoms with Gasteiger partial charge in [0, 0.05) is 5.71 Å². The first-order valence-electron chi connectivity index (χ1n) is 4.40. The zero-order chi connectivity index (χ0) is 10.3. The molecule has 0 rings (SSSR count). The van der Waals surface area contributed by atoms with Crippen LogP contribution in [0.5, 0.6) is 0 Å². The summed E-state index contributed by atoms with van der Waals surface area (Å²) in [4.78, 5) is 0. The fraction of sp³-hybridized carbons (Fsp3) is 0.364. The molecule has 0 aromatic rings. The van der Waals surface area contributed by atoms with E-state index in [1.54, 1.807) is 13.0 Å². The molecule has 13 heavy (non-hydrogen) atoms. The van der Waals surface area contributed by atoms with Crippen molar-refractivity contribution in [3.63, 3.8) is 0 Å². The highest BCUT2D eigenvalue weighted by Crippen LogP contribution is 2.01. The van der Waals surface area contributed by atoms with E-state index in [9.17, 15) is 0 Å². The Balaban J connectivity index is 4.46. The van der Waals surface area contributed by atoms with Crippen LogP contribution < -0.4 is 5.73 Å². The molecule has 2 nitrogen and oxygen atoms in total. The highest BCUT2D eigenvalue weighted by Gasteiger charge is 1.91. The minimum atomic E-state index is 0.523. The third-order valence-corrected chi connectivity index (χ3v) is 1.48. The Morgan fingerprint density at radius 1 is 1.38 bits per heavy atom. The summed E-state index contributed by atoms with van der Waals surface area (Å²) in [6, 6.07) is 0. The maximum absolute atomic E-state index is 7.43. The van der Waals surface area contributed by atoms with E-state index < -0.39 is 0 Å². The third kappa shape index (κ3) is 5.91. The van der Waals surface area contributed by atoms with Crippen molar-refractivity contribution in [3.05, 3.63) is 36.1 Å². The van der Waals surface area contributed by atoms with Gasteiger partial charge in [0.25, 0.3) is 0 Å². The first-order chi connectivity index (χ1) is 6.07. The maximum Gasteiger partial charge on any atom is 0.0355 e. The minimum Gasteiger partial charge on any atom is -0.405 e. The Bertz CT molecular complexity index is 245. The zero-order valence-electron chi connectivity index (χ0n) is 8.54. The van der Waals surface area contributed by atoms with Crippen molar-refractivity contribution in [1.29, 1.82) is 5.41 Å². The quantitative estimate of drug-likeness (QED) is 0.504. The van der Waals surface area contributed by atoms with Gasteiger partial charge in [-0.05, 0) is 30.7 Å². The molecule has 0 aromatic heterocycles. The van der Waals surface area contributed by atoms with E-state index in [-0.39, 0.29) is 0 Å². The Hall–Kier alpha value is -1.31. The molecule has 0 spiro atoms. The minimum absolute atomic E-state index is 0.523. The molecular weight excluding hydrogens is 160 g/mol. The zero-order valence-corrected chi connectivity index (χ0v) is 8.54. The summed E-state index contributed by atoms with van der Waals surface area (Å²) in [7, 11) is 0. The van der Waals surface area contributed by atoms with Crippen LogP contribution in [0.3, 0.4) is 0 Å². The Morgan fingerprint density at radius 3 is 2.38 bits per heavy atom. The van der Waals surface area contributed by atoms with Gasteiger partial charge in [-0.3, -0.25) is 0 Å². The number of hydrogen-bond acceptors (Lipinski definition) is 2.